The van der Waals surface area contributed by atoms with Crippen LogP contribution in [0.4, 0.5) is 10.1 Å². The SMILES string of the molecule is CCCc1ccc(COc2ccc(-c3ccc(NC(=O)/C=C\C=O)cc3)cc2)c(F)c1. The number of nitrogens with one attached hydrogen (secondary N) is 1. The Morgan fingerprint density at radius 1 is 1.00 bits per heavy atom. The molecule has 0 saturated heterocycles. The first-order chi connectivity index (χ1) is 15.1. The van der Waals surface area contributed by atoms with Crippen molar-refractivity contribution in [3.05, 3.63) is 95.8 Å². The maximum Gasteiger partial charge on any atom is 0.248 e. The van der Waals surface area contributed by atoms with Gasteiger partial charge in [-0.15, -0.1) is 0 Å². The highest BCUT2D eigenvalue weighted by Crippen LogP contribution is 2.25. The number of allylic oxidation sites excluding steroid dienone is 1. The number of hydrogen-bond acceptors (Lipinski definition) is 3. The molecule has 0 aliphatic carbocycles. The molecule has 31 heavy (non-hydrogen) atoms. The van der Waals surface area contributed by atoms with Gasteiger partial charge in [-0.1, -0.05) is 49.7 Å². The first-order valence-electron chi connectivity index (χ1n) is 10.1. The number of aryl methyl sites for hydroxylation is 1. The van der Waals surface area contributed by atoms with Gasteiger partial charge < -0.3 is 10.1 Å². The van der Waals surface area contributed by atoms with Crippen molar-refractivity contribution in [3.8, 4) is 16.9 Å². The Morgan fingerprint density at radius 2 is 1.68 bits per heavy atom. The van der Waals surface area contributed by atoms with Gasteiger partial charge in [0.05, 0.1) is 0 Å². The average Bonchev–Trinajstić information content (AvgIpc) is 2.78. The summed E-state index contributed by atoms with van der Waals surface area (Å²) >= 11 is 0. The van der Waals surface area contributed by atoms with Crippen LogP contribution in [-0.4, -0.2) is 12.2 Å². The summed E-state index contributed by atoms with van der Waals surface area (Å²) in [6.45, 7) is 2.24. The maximum atomic E-state index is 14.2. The van der Waals surface area contributed by atoms with Gasteiger partial charge in [0.1, 0.15) is 24.5 Å². The lowest BCUT2D eigenvalue weighted by atomic mass is 10.1. The molecule has 3 aromatic rings. The van der Waals surface area contributed by atoms with Gasteiger partial charge in [0.25, 0.3) is 0 Å². The van der Waals surface area contributed by atoms with Gasteiger partial charge in [-0.3, -0.25) is 9.59 Å². The van der Waals surface area contributed by atoms with E-state index in [0.717, 1.165) is 35.6 Å². The lowest BCUT2D eigenvalue weighted by molar-refractivity contribution is -0.112. The van der Waals surface area contributed by atoms with Gasteiger partial charge in [0.15, 0.2) is 0 Å². The standard InChI is InChI=1S/C26H24FNO3/c1-2-4-19-6-7-22(25(27)17-19)18-31-24-14-10-21(11-15-24)20-8-12-23(13-9-20)28-26(30)5-3-16-29/h3,5-17H,2,4,18H2,1H3,(H,28,30)/b5-3-. The largest absolute Gasteiger partial charge is 0.489 e. The molecule has 1 amide bonds. The second kappa shape index (κ2) is 10.9. The van der Waals surface area contributed by atoms with Crippen molar-refractivity contribution < 1.29 is 18.7 Å². The van der Waals surface area contributed by atoms with Crippen LogP contribution < -0.4 is 10.1 Å². The number of aldehydes is 1. The molecule has 3 rings (SSSR count). The second-order valence-corrected chi connectivity index (χ2v) is 7.05. The predicted molar refractivity (Wildman–Crippen MR) is 120 cm³/mol. The lowest BCUT2D eigenvalue weighted by Crippen LogP contribution is -2.07. The summed E-state index contributed by atoms with van der Waals surface area (Å²) in [5, 5.41) is 2.68. The fourth-order valence-corrected chi connectivity index (χ4v) is 3.11. The van der Waals surface area contributed by atoms with Gasteiger partial charge >= 0.3 is 0 Å². The molecule has 0 saturated carbocycles. The predicted octanol–water partition coefficient (Wildman–Crippen LogP) is 5.72. The highest BCUT2D eigenvalue weighted by molar-refractivity contribution is 6.01. The molecule has 4 nitrogen and oxygen atoms in total. The number of hydrogen-bond donors (Lipinski definition) is 1. The molecule has 0 aliphatic heterocycles. The Balaban J connectivity index is 1.59. The zero-order valence-electron chi connectivity index (χ0n) is 17.3. The monoisotopic (exact) mass is 417 g/mol. The molecule has 0 heterocycles. The van der Waals surface area contributed by atoms with E-state index in [0.29, 0.717) is 23.3 Å². The fraction of sp³-hybridized carbons (Fsp3) is 0.154. The van der Waals surface area contributed by atoms with E-state index in [4.69, 9.17) is 4.74 Å². The number of carbonyl (C=O) groups excluding carboxylic acids is 2. The second-order valence-electron chi connectivity index (χ2n) is 7.05. The Hall–Kier alpha value is -3.73. The Labute approximate surface area is 181 Å². The van der Waals surface area contributed by atoms with Gasteiger partial charge in [-0.25, -0.2) is 4.39 Å². The van der Waals surface area contributed by atoms with Crippen LogP contribution in [0.5, 0.6) is 5.75 Å². The molecule has 1 N–H and O–H groups in total. The number of halogens is 1. The van der Waals surface area contributed by atoms with Crippen LogP contribution in [0.15, 0.2) is 78.9 Å². The summed E-state index contributed by atoms with van der Waals surface area (Å²) in [7, 11) is 0. The normalized spacial score (nSPS) is 10.8. The van der Waals surface area contributed by atoms with E-state index in [1.165, 1.54) is 6.08 Å². The molecule has 0 atom stereocenters. The van der Waals surface area contributed by atoms with E-state index in [1.807, 2.05) is 42.5 Å². The van der Waals surface area contributed by atoms with E-state index in [9.17, 15) is 14.0 Å². The number of rotatable bonds is 9. The van der Waals surface area contributed by atoms with Crippen LogP contribution in [-0.2, 0) is 22.6 Å². The molecule has 0 aliphatic rings. The molecular weight excluding hydrogens is 393 g/mol. The third kappa shape index (κ3) is 6.37. The lowest BCUT2D eigenvalue weighted by Gasteiger charge is -2.10. The number of benzene rings is 3. The molecule has 5 heteroatoms. The van der Waals surface area contributed by atoms with Crippen LogP contribution in [0, 0.1) is 5.82 Å². The van der Waals surface area contributed by atoms with E-state index < -0.39 is 0 Å². The molecule has 3 aromatic carbocycles. The van der Waals surface area contributed by atoms with Crippen molar-refractivity contribution in [2.75, 3.05) is 5.32 Å². The highest BCUT2D eigenvalue weighted by atomic mass is 19.1. The minimum Gasteiger partial charge on any atom is -0.489 e. The summed E-state index contributed by atoms with van der Waals surface area (Å²) in [5.41, 5.74) is 4.13. The summed E-state index contributed by atoms with van der Waals surface area (Å²) in [6, 6.07) is 20.2. The minimum atomic E-state index is -0.363. The van der Waals surface area contributed by atoms with Crippen molar-refractivity contribution in [2.45, 2.75) is 26.4 Å². The van der Waals surface area contributed by atoms with Gasteiger partial charge in [-0.2, -0.15) is 0 Å². The van der Waals surface area contributed by atoms with Crippen molar-refractivity contribution in [2.24, 2.45) is 0 Å². The van der Waals surface area contributed by atoms with Crippen LogP contribution in [0.25, 0.3) is 11.1 Å². The molecule has 0 fully saturated rings. The molecule has 158 valence electrons. The summed E-state index contributed by atoms with van der Waals surface area (Å²) in [4.78, 5) is 21.9. The molecule has 0 aromatic heterocycles. The van der Waals surface area contributed by atoms with Crippen LogP contribution in [0.3, 0.4) is 0 Å². The molecule has 0 radical (unpaired) electrons. The quantitative estimate of drug-likeness (QED) is 0.358. The van der Waals surface area contributed by atoms with Crippen LogP contribution in [0.1, 0.15) is 24.5 Å². The average molecular weight is 417 g/mol. The topological polar surface area (TPSA) is 55.4 Å². The van der Waals surface area contributed by atoms with E-state index in [1.54, 1.807) is 24.3 Å². The summed E-state index contributed by atoms with van der Waals surface area (Å²) in [6.07, 6.45) is 4.71. The summed E-state index contributed by atoms with van der Waals surface area (Å²) < 4.78 is 19.9. The third-order valence-electron chi connectivity index (χ3n) is 4.72. The van der Waals surface area contributed by atoms with Crippen LogP contribution >= 0.6 is 0 Å². The van der Waals surface area contributed by atoms with Crippen molar-refractivity contribution >= 4 is 17.9 Å². The van der Waals surface area contributed by atoms with Crippen molar-refractivity contribution in [1.29, 1.82) is 0 Å². The first-order valence-corrected chi connectivity index (χ1v) is 10.1. The van der Waals surface area contributed by atoms with E-state index in [2.05, 4.69) is 12.2 Å². The van der Waals surface area contributed by atoms with Crippen molar-refractivity contribution in [3.63, 3.8) is 0 Å². The number of ether oxygens (including phenoxy) is 1. The van der Waals surface area contributed by atoms with Crippen LogP contribution in [0.2, 0.25) is 0 Å². The minimum absolute atomic E-state index is 0.171. The smallest absolute Gasteiger partial charge is 0.248 e. The molecule has 0 spiro atoms. The number of carbonyl (C=O) groups is 2. The Bertz CT molecular complexity index is 1060. The fourth-order valence-electron chi connectivity index (χ4n) is 3.11. The van der Waals surface area contributed by atoms with Gasteiger partial charge in [-0.05, 0) is 59.5 Å². The third-order valence-corrected chi connectivity index (χ3v) is 4.72. The zero-order valence-corrected chi connectivity index (χ0v) is 17.3. The zero-order chi connectivity index (χ0) is 22.1. The number of amides is 1. The van der Waals surface area contributed by atoms with E-state index >= 15 is 0 Å². The molecule has 0 bridgehead atoms. The van der Waals surface area contributed by atoms with E-state index in [-0.39, 0.29) is 18.3 Å². The van der Waals surface area contributed by atoms with Gasteiger partial charge in [0, 0.05) is 17.3 Å². The first kappa shape index (κ1) is 22.0. The highest BCUT2D eigenvalue weighted by Gasteiger charge is 2.06. The molecular formula is C26H24FNO3. The van der Waals surface area contributed by atoms with Crippen molar-refractivity contribution in [1.82, 2.24) is 0 Å². The summed E-state index contributed by atoms with van der Waals surface area (Å²) in [5.74, 6) is 0.0563. The Morgan fingerprint density at radius 3 is 2.29 bits per heavy atom. The Kier molecular flexibility index (Phi) is 7.71. The van der Waals surface area contributed by atoms with Gasteiger partial charge in [0.2, 0.25) is 5.91 Å². The maximum absolute atomic E-state index is 14.2. The molecule has 0 unspecified atom stereocenters. The number of anilines is 1.